The van der Waals surface area contributed by atoms with E-state index in [0.29, 0.717) is 12.1 Å². The number of ether oxygens (including phenoxy) is 1. The van der Waals surface area contributed by atoms with Crippen LogP contribution in [-0.4, -0.2) is 29.7 Å². The van der Waals surface area contributed by atoms with E-state index in [1.54, 1.807) is 0 Å². The minimum absolute atomic E-state index is 0.339. The highest BCUT2D eigenvalue weighted by atomic mass is 16.5. The second-order valence-electron chi connectivity index (χ2n) is 10.6. The van der Waals surface area contributed by atoms with Crippen LogP contribution in [0.1, 0.15) is 64.4 Å². The molecule has 0 saturated carbocycles. The normalized spacial score (nSPS) is 12.3. The molecule has 1 unspecified atom stereocenters. The number of aromatic nitrogens is 2. The molecule has 0 aliphatic rings. The van der Waals surface area contributed by atoms with E-state index in [0.717, 1.165) is 69.5 Å². The van der Waals surface area contributed by atoms with Gasteiger partial charge in [-0.25, -0.2) is 9.78 Å². The number of esters is 1. The van der Waals surface area contributed by atoms with Gasteiger partial charge in [0.05, 0.1) is 23.7 Å². The van der Waals surface area contributed by atoms with Crippen LogP contribution >= 0.6 is 0 Å². The van der Waals surface area contributed by atoms with E-state index in [1.165, 1.54) is 7.11 Å². The molecule has 0 saturated heterocycles. The number of fused-ring (bicyclic) bond motifs is 1. The third kappa shape index (κ3) is 6.76. The maximum atomic E-state index is 12.8. The van der Waals surface area contributed by atoms with E-state index in [2.05, 4.69) is 63.5 Å². The van der Waals surface area contributed by atoms with Crippen LogP contribution in [0.15, 0.2) is 101 Å². The fourth-order valence-electron chi connectivity index (χ4n) is 5.43. The molecule has 224 valence electrons. The maximum absolute atomic E-state index is 12.8. The predicted octanol–water partition coefficient (Wildman–Crippen LogP) is 7.60. The standard InChI is InChI=1S/C36H38N6O2/c1-4-5-15-34-39-32-23-31(36(43)44-3)28(21-16-25-11-7-6-8-12-25)22-33(32)42(34)24-26-17-19-27(20-18-26)29-13-9-10-14-30(29)35(38-2)40-41-37/h6-14,16-23,35,38H,4-5,15,24H2,1-3H3,(H2,37,40)/b21-16+. The van der Waals surface area contributed by atoms with Crippen LogP contribution in [0.5, 0.6) is 0 Å². The van der Waals surface area contributed by atoms with Crippen molar-refractivity contribution in [2.24, 2.45) is 16.2 Å². The Morgan fingerprint density at radius 3 is 2.48 bits per heavy atom. The molecule has 1 heterocycles. The molecule has 0 spiro atoms. The highest BCUT2D eigenvalue weighted by molar-refractivity contribution is 5.99. The Morgan fingerprint density at radius 2 is 1.77 bits per heavy atom. The SMILES string of the molecule is CCCCc1nc2cc(C(=O)OC)c(/C=C/c3ccccc3)cc2n1Cc1ccc(-c2ccccc2C(N=NN)NC)cc1. The van der Waals surface area contributed by atoms with Gasteiger partial charge < -0.3 is 15.1 Å². The smallest absolute Gasteiger partial charge is 0.338 e. The summed E-state index contributed by atoms with van der Waals surface area (Å²) in [6, 6.07) is 30.6. The molecule has 0 aliphatic heterocycles. The molecular weight excluding hydrogens is 548 g/mol. The molecule has 8 nitrogen and oxygen atoms in total. The molecule has 5 aromatic rings. The number of nitrogens with two attached hydrogens (primary N) is 1. The minimum atomic E-state index is -0.381. The van der Waals surface area contributed by atoms with E-state index >= 15 is 0 Å². The topological polar surface area (TPSA) is 107 Å². The van der Waals surface area contributed by atoms with Crippen molar-refractivity contribution in [3.8, 4) is 11.1 Å². The summed E-state index contributed by atoms with van der Waals surface area (Å²) in [5.41, 5.74) is 8.39. The van der Waals surface area contributed by atoms with Crippen molar-refractivity contribution >= 4 is 29.2 Å². The summed E-state index contributed by atoms with van der Waals surface area (Å²) < 4.78 is 7.41. The number of unbranched alkanes of at least 4 members (excludes halogenated alkanes) is 1. The number of carbonyl (C=O) groups is 1. The summed E-state index contributed by atoms with van der Waals surface area (Å²) in [7, 11) is 3.24. The van der Waals surface area contributed by atoms with Gasteiger partial charge >= 0.3 is 5.97 Å². The van der Waals surface area contributed by atoms with Crippen molar-refractivity contribution in [1.29, 1.82) is 0 Å². The maximum Gasteiger partial charge on any atom is 0.338 e. The van der Waals surface area contributed by atoms with Gasteiger partial charge in [0.1, 0.15) is 12.0 Å². The molecule has 3 N–H and O–H groups in total. The van der Waals surface area contributed by atoms with Crippen LogP contribution in [0.4, 0.5) is 0 Å². The number of benzene rings is 4. The van der Waals surface area contributed by atoms with Gasteiger partial charge in [0.25, 0.3) is 0 Å². The first-order valence-corrected chi connectivity index (χ1v) is 14.9. The number of hydrogen-bond acceptors (Lipinski definition) is 6. The molecule has 0 amide bonds. The summed E-state index contributed by atoms with van der Waals surface area (Å²) in [5.74, 6) is 5.98. The zero-order valence-electron chi connectivity index (χ0n) is 25.4. The zero-order valence-corrected chi connectivity index (χ0v) is 25.4. The summed E-state index contributed by atoms with van der Waals surface area (Å²) in [6.07, 6.45) is 6.58. The van der Waals surface area contributed by atoms with Gasteiger partial charge in [0.15, 0.2) is 0 Å². The van der Waals surface area contributed by atoms with Gasteiger partial charge in [0, 0.05) is 18.5 Å². The van der Waals surface area contributed by atoms with Crippen molar-refractivity contribution in [3.05, 3.63) is 125 Å². The van der Waals surface area contributed by atoms with E-state index < -0.39 is 0 Å². The Bertz CT molecular complexity index is 1770. The third-order valence-corrected chi connectivity index (χ3v) is 7.73. The lowest BCUT2D eigenvalue weighted by atomic mass is 9.97. The molecule has 4 aromatic carbocycles. The molecule has 5 rings (SSSR count). The molecule has 0 bridgehead atoms. The average Bonchev–Trinajstić information content (AvgIpc) is 3.40. The second-order valence-corrected chi connectivity index (χ2v) is 10.6. The first kappa shape index (κ1) is 30.4. The number of rotatable bonds is 12. The Balaban J connectivity index is 1.54. The highest BCUT2D eigenvalue weighted by Gasteiger charge is 2.18. The summed E-state index contributed by atoms with van der Waals surface area (Å²) in [5, 5.41) is 10.8. The molecule has 0 radical (unpaired) electrons. The average molecular weight is 587 g/mol. The van der Waals surface area contributed by atoms with Crippen molar-refractivity contribution in [2.45, 2.75) is 38.9 Å². The first-order chi connectivity index (χ1) is 21.6. The fourth-order valence-corrected chi connectivity index (χ4v) is 5.43. The number of nitrogens with one attached hydrogen (secondary N) is 1. The number of nitrogens with zero attached hydrogens (tertiary/aromatic N) is 4. The van der Waals surface area contributed by atoms with Crippen molar-refractivity contribution in [1.82, 2.24) is 14.9 Å². The van der Waals surface area contributed by atoms with Gasteiger partial charge in [-0.15, -0.1) is 5.11 Å². The quantitative estimate of drug-likeness (QED) is 0.0515. The number of hydrogen-bond donors (Lipinski definition) is 2. The molecule has 1 aromatic heterocycles. The van der Waals surface area contributed by atoms with Crippen LogP contribution < -0.4 is 11.2 Å². The van der Waals surface area contributed by atoms with Gasteiger partial charge in [-0.3, -0.25) is 5.32 Å². The van der Waals surface area contributed by atoms with Crippen LogP contribution in [0.2, 0.25) is 0 Å². The lowest BCUT2D eigenvalue weighted by molar-refractivity contribution is 0.0600. The monoisotopic (exact) mass is 586 g/mol. The van der Waals surface area contributed by atoms with Crippen LogP contribution in [-0.2, 0) is 17.7 Å². The summed E-state index contributed by atoms with van der Waals surface area (Å²) in [6.45, 7) is 2.83. The lowest BCUT2D eigenvalue weighted by Crippen LogP contribution is -2.15. The van der Waals surface area contributed by atoms with Crippen molar-refractivity contribution < 1.29 is 9.53 Å². The fraction of sp³-hybridized carbons (Fsp3) is 0.222. The van der Waals surface area contributed by atoms with Gasteiger partial charge in [0.2, 0.25) is 0 Å². The molecule has 44 heavy (non-hydrogen) atoms. The van der Waals surface area contributed by atoms with Crippen LogP contribution in [0, 0.1) is 0 Å². The second kappa shape index (κ2) is 14.4. The predicted molar refractivity (Wildman–Crippen MR) is 177 cm³/mol. The minimum Gasteiger partial charge on any atom is -0.465 e. The largest absolute Gasteiger partial charge is 0.465 e. The summed E-state index contributed by atoms with van der Waals surface area (Å²) in [4.78, 5) is 17.8. The van der Waals surface area contributed by atoms with Crippen molar-refractivity contribution in [2.75, 3.05) is 14.2 Å². The summed E-state index contributed by atoms with van der Waals surface area (Å²) >= 11 is 0. The Labute approximate surface area is 258 Å². The first-order valence-electron chi connectivity index (χ1n) is 14.9. The number of imidazole rings is 1. The van der Waals surface area contributed by atoms with Crippen molar-refractivity contribution in [3.63, 3.8) is 0 Å². The molecule has 0 aliphatic carbocycles. The highest BCUT2D eigenvalue weighted by Crippen LogP contribution is 2.30. The van der Waals surface area contributed by atoms with Crippen LogP contribution in [0.25, 0.3) is 34.3 Å². The Kier molecular flexibility index (Phi) is 9.94. The lowest BCUT2D eigenvalue weighted by Gasteiger charge is -2.16. The molecular formula is C36H38N6O2. The third-order valence-electron chi connectivity index (χ3n) is 7.73. The Hall–Kier alpha value is -5.08. The molecule has 1 atom stereocenters. The van der Waals surface area contributed by atoms with E-state index in [4.69, 9.17) is 15.6 Å². The van der Waals surface area contributed by atoms with Gasteiger partial charge in [-0.05, 0) is 53.4 Å². The van der Waals surface area contributed by atoms with E-state index in [9.17, 15) is 4.79 Å². The van der Waals surface area contributed by atoms with Gasteiger partial charge in [-0.1, -0.05) is 110 Å². The van der Waals surface area contributed by atoms with Crippen LogP contribution in [0.3, 0.4) is 0 Å². The number of methoxy groups -OCH3 is 1. The molecule has 0 fully saturated rings. The zero-order chi connectivity index (χ0) is 30.9. The number of carbonyl (C=O) groups excluding carboxylic acids is 1. The molecule has 8 heteroatoms. The number of aryl methyl sites for hydroxylation is 1. The Morgan fingerprint density at radius 1 is 1.02 bits per heavy atom. The van der Waals surface area contributed by atoms with Gasteiger partial charge in [-0.2, -0.15) is 0 Å². The van der Waals surface area contributed by atoms with E-state index in [-0.39, 0.29) is 12.1 Å². The van der Waals surface area contributed by atoms with E-state index in [1.807, 2.05) is 73.8 Å².